The highest BCUT2D eigenvalue weighted by atomic mass is 16.4. The second-order valence-electron chi connectivity index (χ2n) is 11.7. The van der Waals surface area contributed by atoms with Crippen LogP contribution in [0, 0.1) is 12.8 Å². The third kappa shape index (κ3) is 7.31. The summed E-state index contributed by atoms with van der Waals surface area (Å²) in [5.74, 6) is 1.04. The lowest BCUT2D eigenvalue weighted by Gasteiger charge is -2.33. The van der Waals surface area contributed by atoms with E-state index in [0.717, 1.165) is 60.2 Å². The van der Waals surface area contributed by atoms with Gasteiger partial charge >= 0.3 is 6.09 Å². The number of aryl methyl sites for hydroxylation is 1. The highest BCUT2D eigenvalue weighted by Crippen LogP contribution is 2.28. The number of carboxylic acid groups (broad SMARTS) is 1. The summed E-state index contributed by atoms with van der Waals surface area (Å²) in [6.07, 6.45) is 1.89. The smallest absolute Gasteiger partial charge is 0.413 e. The Morgan fingerprint density at radius 2 is 1.70 bits per heavy atom. The van der Waals surface area contributed by atoms with E-state index in [4.69, 9.17) is 0 Å². The lowest BCUT2D eigenvalue weighted by Crippen LogP contribution is -2.45. The Labute approximate surface area is 237 Å². The van der Waals surface area contributed by atoms with Crippen LogP contribution in [0.4, 0.5) is 27.7 Å². The molecule has 40 heavy (non-hydrogen) atoms. The summed E-state index contributed by atoms with van der Waals surface area (Å²) in [5.41, 5.74) is 4.73. The summed E-state index contributed by atoms with van der Waals surface area (Å²) in [7, 11) is 0. The molecule has 212 valence electrons. The van der Waals surface area contributed by atoms with Crippen molar-refractivity contribution in [3.05, 3.63) is 77.5 Å². The molecule has 1 saturated heterocycles. The van der Waals surface area contributed by atoms with Crippen LogP contribution in [-0.2, 0) is 6.42 Å². The number of carbonyl (C=O) groups excluding carboxylic acids is 1. The van der Waals surface area contributed by atoms with Crippen LogP contribution in [0.15, 0.2) is 60.7 Å². The summed E-state index contributed by atoms with van der Waals surface area (Å²) < 4.78 is 0. The van der Waals surface area contributed by atoms with Crippen molar-refractivity contribution in [3.8, 4) is 0 Å². The van der Waals surface area contributed by atoms with Crippen molar-refractivity contribution < 1.29 is 14.7 Å². The summed E-state index contributed by atoms with van der Waals surface area (Å²) in [6.45, 7) is 12.5. The van der Waals surface area contributed by atoms with Gasteiger partial charge in [-0.15, -0.1) is 0 Å². The zero-order chi connectivity index (χ0) is 28.9. The fourth-order valence-electron chi connectivity index (χ4n) is 5.01. The number of anilines is 4. The van der Waals surface area contributed by atoms with Gasteiger partial charge in [-0.25, -0.2) is 9.78 Å². The summed E-state index contributed by atoms with van der Waals surface area (Å²) in [4.78, 5) is 33.2. The average molecular weight is 544 g/mol. The Kier molecular flexibility index (Phi) is 8.97. The number of hydrogen-bond donors (Lipinski definition) is 3. The van der Waals surface area contributed by atoms with Gasteiger partial charge in [0.15, 0.2) is 0 Å². The molecule has 1 fully saturated rings. The fourth-order valence-corrected chi connectivity index (χ4v) is 5.01. The van der Waals surface area contributed by atoms with E-state index >= 15 is 0 Å². The Bertz CT molecular complexity index is 1330. The number of rotatable bonds is 8. The maximum atomic E-state index is 13.2. The van der Waals surface area contributed by atoms with Gasteiger partial charge in [0.05, 0.1) is 5.56 Å². The molecule has 0 aliphatic carbocycles. The van der Waals surface area contributed by atoms with E-state index in [0.29, 0.717) is 24.3 Å². The summed E-state index contributed by atoms with van der Waals surface area (Å²) >= 11 is 0. The van der Waals surface area contributed by atoms with E-state index in [1.807, 2.05) is 69.3 Å². The van der Waals surface area contributed by atoms with Crippen molar-refractivity contribution in [1.82, 2.24) is 4.98 Å². The van der Waals surface area contributed by atoms with E-state index in [-0.39, 0.29) is 5.91 Å². The zero-order valence-corrected chi connectivity index (χ0v) is 24.2. The number of benzene rings is 2. The Morgan fingerprint density at radius 3 is 2.35 bits per heavy atom. The fraction of sp³-hybridized carbons (Fsp3) is 0.406. The van der Waals surface area contributed by atoms with Crippen LogP contribution in [0.25, 0.3) is 0 Å². The third-order valence-corrected chi connectivity index (χ3v) is 7.26. The quantitative estimate of drug-likeness (QED) is 0.289. The third-order valence-electron chi connectivity index (χ3n) is 7.26. The van der Waals surface area contributed by atoms with Gasteiger partial charge in [0.25, 0.3) is 5.91 Å². The lowest BCUT2D eigenvalue weighted by molar-refractivity contribution is 0.102. The normalized spacial score (nSPS) is 14.1. The highest BCUT2D eigenvalue weighted by molar-refractivity contribution is 6.08. The SMILES string of the molecule is Cc1ccc(C(=O)Nc2ccc(NCCc3cccc(N(C(=O)O)C(C)(C)C)n3)cc2)c(N2CCC(C)CC2)c1. The predicted molar refractivity (Wildman–Crippen MR) is 163 cm³/mol. The Balaban J connectivity index is 1.35. The van der Waals surface area contributed by atoms with Crippen molar-refractivity contribution in [2.75, 3.05) is 40.1 Å². The number of piperidine rings is 1. The molecule has 0 atom stereocenters. The molecule has 2 aromatic carbocycles. The predicted octanol–water partition coefficient (Wildman–Crippen LogP) is 6.82. The van der Waals surface area contributed by atoms with Gasteiger partial charge in [0, 0.05) is 54.4 Å². The minimum Gasteiger partial charge on any atom is -0.465 e. The van der Waals surface area contributed by atoms with E-state index in [1.165, 1.54) is 4.90 Å². The van der Waals surface area contributed by atoms with Crippen LogP contribution < -0.4 is 20.4 Å². The van der Waals surface area contributed by atoms with Gasteiger partial charge in [0.2, 0.25) is 0 Å². The van der Waals surface area contributed by atoms with E-state index < -0.39 is 11.6 Å². The number of pyridine rings is 1. The van der Waals surface area contributed by atoms with Crippen LogP contribution in [0.1, 0.15) is 62.2 Å². The van der Waals surface area contributed by atoms with Crippen LogP contribution in [-0.4, -0.2) is 47.3 Å². The highest BCUT2D eigenvalue weighted by Gasteiger charge is 2.29. The summed E-state index contributed by atoms with van der Waals surface area (Å²) in [5, 5.41) is 16.1. The molecule has 2 amide bonds. The number of nitrogens with zero attached hydrogens (tertiary/aromatic N) is 3. The first-order valence-electron chi connectivity index (χ1n) is 14.0. The van der Waals surface area contributed by atoms with Crippen molar-refractivity contribution in [1.29, 1.82) is 0 Å². The van der Waals surface area contributed by atoms with Crippen LogP contribution >= 0.6 is 0 Å². The molecule has 0 radical (unpaired) electrons. The molecule has 0 unspecified atom stereocenters. The van der Waals surface area contributed by atoms with Gasteiger partial charge in [-0.1, -0.05) is 19.1 Å². The monoisotopic (exact) mass is 543 g/mol. The van der Waals surface area contributed by atoms with E-state index in [1.54, 1.807) is 6.07 Å². The van der Waals surface area contributed by atoms with Gasteiger partial charge in [-0.05, 0) is 101 Å². The van der Waals surface area contributed by atoms with Crippen molar-refractivity contribution in [2.45, 2.75) is 59.4 Å². The topological polar surface area (TPSA) is 97.8 Å². The number of nitrogens with one attached hydrogen (secondary N) is 2. The molecule has 0 spiro atoms. The van der Waals surface area contributed by atoms with Crippen LogP contribution in [0.5, 0.6) is 0 Å². The first-order valence-corrected chi connectivity index (χ1v) is 14.0. The minimum atomic E-state index is -1.03. The van der Waals surface area contributed by atoms with Crippen molar-refractivity contribution in [3.63, 3.8) is 0 Å². The van der Waals surface area contributed by atoms with Gasteiger partial charge in [-0.2, -0.15) is 0 Å². The van der Waals surface area contributed by atoms with E-state index in [9.17, 15) is 14.7 Å². The molecule has 3 aromatic rings. The molecule has 0 bridgehead atoms. The van der Waals surface area contributed by atoms with Crippen LogP contribution in [0.2, 0.25) is 0 Å². The molecule has 4 rings (SSSR count). The first-order chi connectivity index (χ1) is 19.0. The van der Waals surface area contributed by atoms with Crippen LogP contribution in [0.3, 0.4) is 0 Å². The van der Waals surface area contributed by atoms with Gasteiger partial charge in [0.1, 0.15) is 5.82 Å². The molecule has 8 nitrogen and oxygen atoms in total. The number of hydrogen-bond acceptors (Lipinski definition) is 5. The molecule has 0 saturated carbocycles. The van der Waals surface area contributed by atoms with Crippen molar-refractivity contribution in [2.24, 2.45) is 5.92 Å². The molecule has 2 heterocycles. The van der Waals surface area contributed by atoms with Gasteiger partial charge < -0.3 is 20.6 Å². The zero-order valence-electron chi connectivity index (χ0n) is 24.2. The number of aromatic nitrogens is 1. The van der Waals surface area contributed by atoms with Gasteiger partial charge in [-0.3, -0.25) is 9.69 Å². The number of carbonyl (C=O) groups is 2. The first kappa shape index (κ1) is 28.9. The second kappa shape index (κ2) is 12.4. The average Bonchev–Trinajstić information content (AvgIpc) is 2.89. The second-order valence-corrected chi connectivity index (χ2v) is 11.7. The van der Waals surface area contributed by atoms with Crippen molar-refractivity contribution >= 4 is 34.9 Å². The maximum Gasteiger partial charge on any atom is 0.413 e. The molecule has 8 heteroatoms. The molecule has 3 N–H and O–H groups in total. The number of amides is 2. The lowest BCUT2D eigenvalue weighted by atomic mass is 9.97. The molecule has 1 aliphatic rings. The standard InChI is InChI=1S/C32H41N5O3/c1-22-16-19-36(20-17-22)28-21-23(2)9-14-27(28)30(38)35-26-12-10-24(11-13-26)33-18-15-25-7-6-8-29(34-25)37(31(39)40)32(3,4)5/h6-14,21-22,33H,15-20H2,1-5H3,(H,35,38)(H,39,40). The Morgan fingerprint density at radius 1 is 1.02 bits per heavy atom. The Hall–Kier alpha value is -4.07. The minimum absolute atomic E-state index is 0.106. The molecule has 1 aromatic heterocycles. The summed E-state index contributed by atoms with van der Waals surface area (Å²) in [6, 6.07) is 19.1. The maximum absolute atomic E-state index is 13.2. The molecular weight excluding hydrogens is 502 g/mol. The van der Waals surface area contributed by atoms with E-state index in [2.05, 4.69) is 40.4 Å². The molecular formula is C32H41N5O3. The molecule has 1 aliphatic heterocycles. The largest absolute Gasteiger partial charge is 0.465 e.